The van der Waals surface area contributed by atoms with Gasteiger partial charge in [0.05, 0.1) is 11.2 Å². The number of hydrogen-bond donors (Lipinski definition) is 0. The molecule has 1 atom stereocenters. The highest BCUT2D eigenvalue weighted by Crippen LogP contribution is 2.42. The summed E-state index contributed by atoms with van der Waals surface area (Å²) >= 11 is 0. The van der Waals surface area contributed by atoms with Gasteiger partial charge in [0.1, 0.15) is 0 Å². The second-order valence-corrected chi connectivity index (χ2v) is 9.21. The molecule has 1 aliphatic heterocycles. The SMILES string of the molecule is CC(C)(C)CC1Cc2cc(B3OC(C)(C)C(C)(C)O3)ccc21. The Morgan fingerprint density at radius 2 is 1.68 bits per heavy atom. The van der Waals surface area contributed by atoms with Crippen LogP contribution in [0.3, 0.4) is 0 Å². The van der Waals surface area contributed by atoms with E-state index in [0.29, 0.717) is 5.41 Å². The van der Waals surface area contributed by atoms with Crippen molar-refractivity contribution in [2.45, 2.75) is 78.4 Å². The predicted molar refractivity (Wildman–Crippen MR) is 92.7 cm³/mol. The van der Waals surface area contributed by atoms with Gasteiger partial charge in [0.25, 0.3) is 0 Å². The first-order valence-corrected chi connectivity index (χ1v) is 8.47. The largest absolute Gasteiger partial charge is 0.494 e. The summed E-state index contributed by atoms with van der Waals surface area (Å²) in [4.78, 5) is 0. The summed E-state index contributed by atoms with van der Waals surface area (Å²) in [6, 6.07) is 6.77. The number of benzene rings is 1. The Kier molecular flexibility index (Phi) is 3.54. The lowest BCUT2D eigenvalue weighted by Crippen LogP contribution is -2.41. The second kappa shape index (κ2) is 4.85. The molecule has 1 aromatic rings. The van der Waals surface area contributed by atoms with E-state index in [9.17, 15) is 0 Å². The van der Waals surface area contributed by atoms with Crippen LogP contribution in [0.15, 0.2) is 18.2 Å². The van der Waals surface area contributed by atoms with Gasteiger partial charge in [-0.3, -0.25) is 0 Å². The molecule has 3 rings (SSSR count). The van der Waals surface area contributed by atoms with Crippen LogP contribution in [0.2, 0.25) is 0 Å². The van der Waals surface area contributed by atoms with Crippen molar-refractivity contribution in [2.75, 3.05) is 0 Å². The zero-order chi connectivity index (χ0) is 16.3. The van der Waals surface area contributed by atoms with E-state index in [1.807, 2.05) is 0 Å². The zero-order valence-electron chi connectivity index (χ0n) is 15.1. The Balaban J connectivity index is 1.76. The summed E-state index contributed by atoms with van der Waals surface area (Å²) in [5.41, 5.74) is 4.01. The van der Waals surface area contributed by atoms with E-state index >= 15 is 0 Å². The van der Waals surface area contributed by atoms with E-state index < -0.39 is 0 Å². The molecule has 1 fully saturated rings. The second-order valence-electron chi connectivity index (χ2n) is 9.21. The summed E-state index contributed by atoms with van der Waals surface area (Å²) in [7, 11) is -0.239. The number of hydrogen-bond acceptors (Lipinski definition) is 2. The molecular formula is C19H29BO2. The molecule has 120 valence electrons. The molecule has 1 heterocycles. The fraction of sp³-hybridized carbons (Fsp3) is 0.684. The minimum absolute atomic E-state index is 0.239. The van der Waals surface area contributed by atoms with Crippen LogP contribution in [0.4, 0.5) is 0 Å². The van der Waals surface area contributed by atoms with E-state index in [1.165, 1.54) is 24.0 Å². The molecule has 22 heavy (non-hydrogen) atoms. The Morgan fingerprint density at radius 1 is 1.09 bits per heavy atom. The van der Waals surface area contributed by atoms with Gasteiger partial charge in [-0.1, -0.05) is 39.0 Å². The first kappa shape index (κ1) is 16.1. The quantitative estimate of drug-likeness (QED) is 0.767. The Hall–Kier alpha value is -0.795. The Labute approximate surface area is 135 Å². The van der Waals surface area contributed by atoms with Gasteiger partial charge in [0, 0.05) is 0 Å². The highest BCUT2D eigenvalue weighted by molar-refractivity contribution is 6.62. The third-order valence-electron chi connectivity index (χ3n) is 5.46. The summed E-state index contributed by atoms with van der Waals surface area (Å²) in [5.74, 6) is 0.724. The molecule has 0 N–H and O–H groups in total. The van der Waals surface area contributed by atoms with E-state index in [1.54, 1.807) is 0 Å². The van der Waals surface area contributed by atoms with Crippen molar-refractivity contribution < 1.29 is 9.31 Å². The fourth-order valence-corrected chi connectivity index (χ4v) is 3.49. The van der Waals surface area contributed by atoms with Crippen molar-refractivity contribution in [1.82, 2.24) is 0 Å². The lowest BCUT2D eigenvalue weighted by molar-refractivity contribution is 0.00578. The molecule has 0 spiro atoms. The van der Waals surface area contributed by atoms with Crippen molar-refractivity contribution in [3.63, 3.8) is 0 Å². The van der Waals surface area contributed by atoms with Gasteiger partial charge in [-0.15, -0.1) is 0 Å². The molecule has 2 aliphatic rings. The first-order valence-electron chi connectivity index (χ1n) is 8.47. The van der Waals surface area contributed by atoms with Crippen LogP contribution in [-0.2, 0) is 15.7 Å². The zero-order valence-corrected chi connectivity index (χ0v) is 15.1. The molecule has 0 saturated carbocycles. The van der Waals surface area contributed by atoms with Gasteiger partial charge in [-0.25, -0.2) is 0 Å². The molecule has 1 aliphatic carbocycles. The molecule has 0 amide bonds. The number of fused-ring (bicyclic) bond motifs is 1. The molecule has 0 radical (unpaired) electrons. The van der Waals surface area contributed by atoms with Crippen LogP contribution < -0.4 is 5.46 Å². The van der Waals surface area contributed by atoms with Gasteiger partial charge in [0.2, 0.25) is 0 Å². The van der Waals surface area contributed by atoms with Crippen molar-refractivity contribution >= 4 is 12.6 Å². The lowest BCUT2D eigenvalue weighted by atomic mass is 9.67. The highest BCUT2D eigenvalue weighted by Gasteiger charge is 2.51. The van der Waals surface area contributed by atoms with Crippen molar-refractivity contribution in [3.8, 4) is 0 Å². The predicted octanol–water partition coefficient (Wildman–Crippen LogP) is 4.06. The standard InChI is InChI=1S/C19H29BO2/c1-17(2,3)12-14-10-13-11-15(8-9-16(13)14)20-21-18(4,5)19(6,7)22-20/h8-9,11,14H,10,12H2,1-7H3. The third-order valence-corrected chi connectivity index (χ3v) is 5.46. The van der Waals surface area contributed by atoms with Crippen LogP contribution >= 0.6 is 0 Å². The summed E-state index contributed by atoms with van der Waals surface area (Å²) in [5, 5.41) is 0. The molecule has 1 aromatic carbocycles. The van der Waals surface area contributed by atoms with Crippen LogP contribution in [0.25, 0.3) is 0 Å². The van der Waals surface area contributed by atoms with Crippen LogP contribution in [0.5, 0.6) is 0 Å². The topological polar surface area (TPSA) is 18.5 Å². The smallest absolute Gasteiger partial charge is 0.399 e. The first-order chi connectivity index (χ1) is 9.98. The van der Waals surface area contributed by atoms with Gasteiger partial charge in [-0.2, -0.15) is 0 Å². The molecule has 1 saturated heterocycles. The average molecular weight is 300 g/mol. The van der Waals surface area contributed by atoms with Crippen LogP contribution in [0, 0.1) is 5.41 Å². The minimum Gasteiger partial charge on any atom is -0.399 e. The maximum absolute atomic E-state index is 6.15. The normalized spacial score (nSPS) is 25.8. The maximum atomic E-state index is 6.15. The van der Waals surface area contributed by atoms with E-state index in [-0.39, 0.29) is 18.3 Å². The Morgan fingerprint density at radius 3 is 2.18 bits per heavy atom. The highest BCUT2D eigenvalue weighted by atomic mass is 16.7. The minimum atomic E-state index is -0.268. The van der Waals surface area contributed by atoms with E-state index in [0.717, 1.165) is 11.4 Å². The maximum Gasteiger partial charge on any atom is 0.494 e. The van der Waals surface area contributed by atoms with Crippen molar-refractivity contribution in [2.24, 2.45) is 5.41 Å². The van der Waals surface area contributed by atoms with Gasteiger partial charge < -0.3 is 9.31 Å². The summed E-state index contributed by atoms with van der Waals surface area (Å²) in [6.07, 6.45) is 2.45. The van der Waals surface area contributed by atoms with Gasteiger partial charge in [-0.05, 0) is 68.5 Å². The number of rotatable bonds is 2. The Bertz CT molecular complexity index is 568. The average Bonchev–Trinajstić information content (AvgIpc) is 2.54. The van der Waals surface area contributed by atoms with Gasteiger partial charge >= 0.3 is 7.12 Å². The van der Waals surface area contributed by atoms with Gasteiger partial charge in [0.15, 0.2) is 0 Å². The van der Waals surface area contributed by atoms with Crippen molar-refractivity contribution in [1.29, 1.82) is 0 Å². The molecular weight excluding hydrogens is 271 g/mol. The molecule has 0 bridgehead atoms. The van der Waals surface area contributed by atoms with Crippen molar-refractivity contribution in [3.05, 3.63) is 29.3 Å². The fourth-order valence-electron chi connectivity index (χ4n) is 3.49. The summed E-state index contributed by atoms with van der Waals surface area (Å²) < 4.78 is 12.3. The van der Waals surface area contributed by atoms with Crippen LogP contribution in [0.1, 0.15) is 71.9 Å². The molecule has 3 heteroatoms. The van der Waals surface area contributed by atoms with E-state index in [2.05, 4.69) is 66.7 Å². The molecule has 1 unspecified atom stereocenters. The van der Waals surface area contributed by atoms with Crippen LogP contribution in [-0.4, -0.2) is 18.3 Å². The molecule has 0 aromatic heterocycles. The summed E-state index contributed by atoms with van der Waals surface area (Å²) in [6.45, 7) is 15.4. The third kappa shape index (κ3) is 2.74. The lowest BCUT2D eigenvalue weighted by Gasteiger charge is -2.35. The van der Waals surface area contributed by atoms with E-state index in [4.69, 9.17) is 9.31 Å². The monoisotopic (exact) mass is 300 g/mol. The molecule has 2 nitrogen and oxygen atoms in total.